The zero-order valence-electron chi connectivity index (χ0n) is 15.2. The molecule has 2 aromatic rings. The first kappa shape index (κ1) is 20.2. The van der Waals surface area contributed by atoms with Gasteiger partial charge in [-0.1, -0.05) is 23.2 Å². The molecule has 152 valence electrons. The number of hydrogen-bond donors (Lipinski definition) is 1. The minimum atomic E-state index is -0.310. The van der Waals surface area contributed by atoms with E-state index in [2.05, 4.69) is 5.32 Å². The lowest BCUT2D eigenvalue weighted by Crippen LogP contribution is -2.41. The van der Waals surface area contributed by atoms with Crippen molar-refractivity contribution >= 4 is 63.6 Å². The number of halogens is 2. The van der Waals surface area contributed by atoms with Gasteiger partial charge in [-0.05, 0) is 30.3 Å². The van der Waals surface area contributed by atoms with E-state index in [0.29, 0.717) is 45.3 Å². The monoisotopic (exact) mass is 453 g/mol. The normalized spacial score (nSPS) is 19.7. The molecule has 3 amide bonds. The van der Waals surface area contributed by atoms with Crippen LogP contribution in [0.4, 0.5) is 11.4 Å². The molecular formula is C19H17Cl2N3O4S. The number of hydrogen-bond acceptors (Lipinski definition) is 5. The van der Waals surface area contributed by atoms with Gasteiger partial charge >= 0.3 is 0 Å². The Kier molecular flexibility index (Phi) is 5.78. The number of anilines is 2. The van der Waals surface area contributed by atoms with Crippen molar-refractivity contribution in [2.45, 2.75) is 12.5 Å². The Morgan fingerprint density at radius 3 is 2.66 bits per heavy atom. The highest BCUT2D eigenvalue weighted by atomic mass is 35.5. The second kappa shape index (κ2) is 8.31. The molecule has 2 aliphatic heterocycles. The van der Waals surface area contributed by atoms with E-state index in [4.69, 9.17) is 27.9 Å². The SMILES string of the molecule is O=C(N[C@@H]1CC(=O)N(c2ccc(N3CCOCC3=O)c(Cl)c2)C1)c1ccc(Cl)s1. The van der Waals surface area contributed by atoms with E-state index < -0.39 is 0 Å². The number of ether oxygens (including phenoxy) is 1. The molecule has 0 spiro atoms. The minimum absolute atomic E-state index is 0.0273. The summed E-state index contributed by atoms with van der Waals surface area (Å²) in [6.45, 7) is 1.25. The smallest absolute Gasteiger partial charge is 0.261 e. The molecule has 7 nitrogen and oxygen atoms in total. The van der Waals surface area contributed by atoms with Gasteiger partial charge < -0.3 is 19.9 Å². The molecule has 4 rings (SSSR count). The molecule has 2 saturated heterocycles. The summed E-state index contributed by atoms with van der Waals surface area (Å²) < 4.78 is 5.68. The summed E-state index contributed by atoms with van der Waals surface area (Å²) >= 11 is 13.5. The van der Waals surface area contributed by atoms with E-state index in [-0.39, 0.29) is 36.8 Å². The Bertz CT molecular complexity index is 980. The van der Waals surface area contributed by atoms with Gasteiger partial charge in [-0.15, -0.1) is 11.3 Å². The van der Waals surface area contributed by atoms with Crippen molar-refractivity contribution in [2.75, 3.05) is 36.1 Å². The topological polar surface area (TPSA) is 79.0 Å². The van der Waals surface area contributed by atoms with E-state index in [0.717, 1.165) is 0 Å². The van der Waals surface area contributed by atoms with Gasteiger partial charge in [0.05, 0.1) is 32.6 Å². The lowest BCUT2D eigenvalue weighted by Gasteiger charge is -2.28. The Hall–Kier alpha value is -2.13. The largest absolute Gasteiger partial charge is 0.370 e. The van der Waals surface area contributed by atoms with Crippen LogP contribution in [0.25, 0.3) is 0 Å². The highest BCUT2D eigenvalue weighted by Crippen LogP contribution is 2.33. The van der Waals surface area contributed by atoms with Crippen LogP contribution in [0.15, 0.2) is 30.3 Å². The van der Waals surface area contributed by atoms with Gasteiger partial charge in [0.25, 0.3) is 11.8 Å². The molecular weight excluding hydrogens is 437 g/mol. The molecule has 0 bridgehead atoms. The first-order valence-corrected chi connectivity index (χ1v) is 10.5. The number of nitrogens with one attached hydrogen (secondary N) is 1. The molecule has 2 aliphatic rings. The number of thiophene rings is 1. The van der Waals surface area contributed by atoms with Crippen LogP contribution in [0.3, 0.4) is 0 Å². The Morgan fingerprint density at radius 1 is 1.14 bits per heavy atom. The second-order valence-electron chi connectivity index (χ2n) is 6.72. The predicted octanol–water partition coefficient (Wildman–Crippen LogP) is 2.95. The molecule has 10 heteroatoms. The number of benzene rings is 1. The van der Waals surface area contributed by atoms with Crippen LogP contribution in [0.1, 0.15) is 16.1 Å². The summed E-state index contributed by atoms with van der Waals surface area (Å²) in [5.41, 5.74) is 1.22. The summed E-state index contributed by atoms with van der Waals surface area (Å²) in [6, 6.07) is 8.16. The van der Waals surface area contributed by atoms with E-state index in [1.54, 1.807) is 40.1 Å². The number of nitrogens with zero attached hydrogens (tertiary/aromatic N) is 2. The summed E-state index contributed by atoms with van der Waals surface area (Å²) in [5, 5.41) is 3.25. The first-order chi connectivity index (χ1) is 13.9. The fourth-order valence-electron chi connectivity index (χ4n) is 3.40. The maximum Gasteiger partial charge on any atom is 0.261 e. The van der Waals surface area contributed by atoms with Crippen molar-refractivity contribution in [1.29, 1.82) is 0 Å². The van der Waals surface area contributed by atoms with Gasteiger partial charge in [0.1, 0.15) is 6.61 Å². The molecule has 0 saturated carbocycles. The summed E-state index contributed by atoms with van der Waals surface area (Å²) in [7, 11) is 0. The van der Waals surface area contributed by atoms with E-state index >= 15 is 0 Å². The van der Waals surface area contributed by atoms with Crippen molar-refractivity contribution in [3.63, 3.8) is 0 Å². The molecule has 0 aliphatic carbocycles. The zero-order chi connectivity index (χ0) is 20.5. The molecule has 1 aromatic heterocycles. The highest BCUT2D eigenvalue weighted by molar-refractivity contribution is 7.18. The number of carbonyl (C=O) groups is 3. The lowest BCUT2D eigenvalue weighted by molar-refractivity contribution is -0.125. The molecule has 3 heterocycles. The Labute approximate surface area is 181 Å². The fourth-order valence-corrected chi connectivity index (χ4v) is 4.63. The molecule has 0 unspecified atom stereocenters. The van der Waals surface area contributed by atoms with Gasteiger partial charge in [-0.3, -0.25) is 14.4 Å². The summed E-state index contributed by atoms with van der Waals surface area (Å²) in [4.78, 5) is 40.5. The van der Waals surface area contributed by atoms with E-state index in [1.165, 1.54) is 11.3 Å². The third-order valence-electron chi connectivity index (χ3n) is 4.78. The van der Waals surface area contributed by atoms with Crippen LogP contribution in [0, 0.1) is 0 Å². The standard InChI is InChI=1S/C19H17Cl2N3O4S/c20-13-8-12(1-2-14(13)23-5-6-28-10-18(23)26)24-9-11(7-17(24)25)22-19(27)15-3-4-16(21)29-15/h1-4,8,11H,5-7,9-10H2,(H,22,27)/t11-/m1/s1. The van der Waals surface area contributed by atoms with E-state index in [9.17, 15) is 14.4 Å². The van der Waals surface area contributed by atoms with Gasteiger partial charge in [-0.2, -0.15) is 0 Å². The van der Waals surface area contributed by atoms with Gasteiger partial charge in [0, 0.05) is 25.2 Å². The molecule has 1 aromatic carbocycles. The van der Waals surface area contributed by atoms with Crippen molar-refractivity contribution < 1.29 is 19.1 Å². The molecule has 0 radical (unpaired) electrons. The third kappa shape index (κ3) is 4.25. The lowest BCUT2D eigenvalue weighted by atomic mass is 10.2. The van der Waals surface area contributed by atoms with Gasteiger partial charge in [0.2, 0.25) is 5.91 Å². The second-order valence-corrected chi connectivity index (χ2v) is 8.84. The van der Waals surface area contributed by atoms with E-state index in [1.807, 2.05) is 0 Å². The van der Waals surface area contributed by atoms with Gasteiger partial charge in [-0.25, -0.2) is 0 Å². The van der Waals surface area contributed by atoms with Gasteiger partial charge in [0.15, 0.2) is 0 Å². The van der Waals surface area contributed by atoms with Crippen molar-refractivity contribution in [3.05, 3.63) is 44.6 Å². The predicted molar refractivity (Wildman–Crippen MR) is 112 cm³/mol. The van der Waals surface area contributed by atoms with Crippen molar-refractivity contribution in [1.82, 2.24) is 5.32 Å². The number of morpholine rings is 1. The minimum Gasteiger partial charge on any atom is -0.370 e. The average molecular weight is 454 g/mol. The number of rotatable bonds is 4. The first-order valence-electron chi connectivity index (χ1n) is 8.96. The van der Waals surface area contributed by atoms with Crippen LogP contribution in [0.5, 0.6) is 0 Å². The van der Waals surface area contributed by atoms with Crippen LogP contribution in [-0.2, 0) is 14.3 Å². The highest BCUT2D eigenvalue weighted by Gasteiger charge is 2.32. The maximum atomic E-state index is 12.5. The molecule has 29 heavy (non-hydrogen) atoms. The number of carbonyl (C=O) groups excluding carboxylic acids is 3. The van der Waals surface area contributed by atoms with Crippen LogP contribution < -0.4 is 15.1 Å². The van der Waals surface area contributed by atoms with Crippen molar-refractivity contribution in [3.8, 4) is 0 Å². The quantitative estimate of drug-likeness (QED) is 0.771. The average Bonchev–Trinajstić information content (AvgIpc) is 3.28. The van der Waals surface area contributed by atoms with Crippen LogP contribution >= 0.6 is 34.5 Å². The Balaban J connectivity index is 1.46. The molecule has 2 fully saturated rings. The fraction of sp³-hybridized carbons (Fsp3) is 0.316. The molecule has 1 N–H and O–H groups in total. The van der Waals surface area contributed by atoms with Crippen LogP contribution in [-0.4, -0.2) is 50.1 Å². The summed E-state index contributed by atoms with van der Waals surface area (Å²) in [6.07, 6.45) is 0.201. The Morgan fingerprint density at radius 2 is 1.97 bits per heavy atom. The van der Waals surface area contributed by atoms with Crippen LogP contribution in [0.2, 0.25) is 9.36 Å². The third-order valence-corrected chi connectivity index (χ3v) is 6.31. The summed E-state index contributed by atoms with van der Waals surface area (Å²) in [5.74, 6) is -0.508. The van der Waals surface area contributed by atoms with Crippen molar-refractivity contribution in [2.24, 2.45) is 0 Å². The zero-order valence-corrected chi connectivity index (χ0v) is 17.5. The number of amides is 3. The molecule has 1 atom stereocenters. The maximum absolute atomic E-state index is 12.5.